The van der Waals surface area contributed by atoms with Crippen molar-refractivity contribution in [3.8, 4) is 5.75 Å². The van der Waals surface area contributed by atoms with Gasteiger partial charge in [0.05, 0.1) is 17.7 Å². The van der Waals surface area contributed by atoms with E-state index >= 15 is 0 Å². The number of benzene rings is 2. The molecule has 0 fully saturated rings. The maximum atomic E-state index is 12.8. The average molecular weight is 444 g/mol. The number of allylic oxidation sites excluding steroid dienone is 2. The number of rotatable bonds is 7. The lowest BCUT2D eigenvalue weighted by atomic mass is 9.79. The number of ketones is 1. The van der Waals surface area contributed by atoms with E-state index in [0.717, 1.165) is 0 Å². The van der Waals surface area contributed by atoms with Crippen LogP contribution >= 0.6 is 0 Å². The Balaban J connectivity index is 1.73. The number of hydrazine groups is 1. The lowest BCUT2D eigenvalue weighted by Crippen LogP contribution is -2.39. The van der Waals surface area contributed by atoms with Crippen molar-refractivity contribution in [2.75, 3.05) is 11.8 Å². The van der Waals surface area contributed by atoms with Crippen molar-refractivity contribution < 1.29 is 22.7 Å². The topological polar surface area (TPSA) is 114 Å². The molecule has 1 amide bonds. The first kappa shape index (κ1) is 22.4. The monoisotopic (exact) mass is 443 g/mol. The number of anilines is 1. The normalized spacial score (nSPS) is 15.6. The number of para-hydroxylation sites is 2. The van der Waals surface area contributed by atoms with Crippen LogP contribution in [0.5, 0.6) is 5.75 Å². The number of nitrogens with one attached hydrogen (secondary N) is 3. The van der Waals surface area contributed by atoms with Gasteiger partial charge >= 0.3 is 0 Å². The molecule has 31 heavy (non-hydrogen) atoms. The molecule has 164 valence electrons. The van der Waals surface area contributed by atoms with Gasteiger partial charge in [0.25, 0.3) is 15.9 Å². The number of hydrogen-bond donors (Lipinski definition) is 3. The molecule has 1 aliphatic carbocycles. The Morgan fingerprint density at radius 3 is 2.52 bits per heavy atom. The highest BCUT2D eigenvalue weighted by atomic mass is 32.2. The van der Waals surface area contributed by atoms with Gasteiger partial charge in [0, 0.05) is 23.8 Å². The zero-order chi connectivity index (χ0) is 22.6. The number of amides is 1. The lowest BCUT2D eigenvalue weighted by molar-refractivity contribution is -0.117. The van der Waals surface area contributed by atoms with Crippen molar-refractivity contribution >= 4 is 27.4 Å². The summed E-state index contributed by atoms with van der Waals surface area (Å²) in [6.07, 6.45) is 2.53. The first-order valence-electron chi connectivity index (χ1n) is 9.65. The quantitative estimate of drug-likeness (QED) is 0.567. The molecule has 0 aliphatic heterocycles. The van der Waals surface area contributed by atoms with E-state index in [1.54, 1.807) is 24.3 Å². The summed E-state index contributed by atoms with van der Waals surface area (Å²) in [6, 6.07) is 12.3. The smallest absolute Gasteiger partial charge is 0.269 e. The fourth-order valence-corrected chi connectivity index (χ4v) is 4.49. The Bertz CT molecular complexity index is 1140. The molecule has 2 aromatic rings. The van der Waals surface area contributed by atoms with Gasteiger partial charge in [-0.25, -0.2) is 8.42 Å². The largest absolute Gasteiger partial charge is 0.495 e. The van der Waals surface area contributed by atoms with Crippen LogP contribution in [0.25, 0.3) is 0 Å². The second-order valence-electron chi connectivity index (χ2n) is 8.07. The molecule has 8 nitrogen and oxygen atoms in total. The zero-order valence-electron chi connectivity index (χ0n) is 17.6. The minimum absolute atomic E-state index is 0.0106. The molecular formula is C22H25N3O5S. The second kappa shape index (κ2) is 8.81. The van der Waals surface area contributed by atoms with Gasteiger partial charge in [-0.3, -0.25) is 19.7 Å². The molecule has 0 saturated carbocycles. The summed E-state index contributed by atoms with van der Waals surface area (Å²) in [5.41, 5.74) is 6.16. The maximum absolute atomic E-state index is 12.8. The predicted molar refractivity (Wildman–Crippen MR) is 117 cm³/mol. The summed E-state index contributed by atoms with van der Waals surface area (Å²) in [5, 5.41) is 0. The van der Waals surface area contributed by atoms with Gasteiger partial charge in [-0.2, -0.15) is 0 Å². The summed E-state index contributed by atoms with van der Waals surface area (Å²) in [4.78, 5) is 24.3. The summed E-state index contributed by atoms with van der Waals surface area (Å²) in [6.45, 7) is 3.95. The number of carbonyl (C=O) groups is 2. The molecule has 2 aromatic carbocycles. The Morgan fingerprint density at radius 2 is 1.81 bits per heavy atom. The van der Waals surface area contributed by atoms with Crippen LogP contribution in [-0.4, -0.2) is 27.2 Å². The van der Waals surface area contributed by atoms with E-state index < -0.39 is 15.9 Å². The van der Waals surface area contributed by atoms with Crippen molar-refractivity contribution in [3.05, 3.63) is 65.9 Å². The highest BCUT2D eigenvalue weighted by molar-refractivity contribution is 7.92. The highest BCUT2D eigenvalue weighted by Gasteiger charge is 2.27. The van der Waals surface area contributed by atoms with E-state index in [-0.39, 0.29) is 27.3 Å². The lowest BCUT2D eigenvalue weighted by Gasteiger charge is -2.29. The molecule has 0 unspecified atom stereocenters. The number of carbonyl (C=O) groups excluding carboxylic acids is 2. The third-order valence-electron chi connectivity index (χ3n) is 4.75. The fourth-order valence-electron chi connectivity index (χ4n) is 3.37. The molecule has 0 saturated heterocycles. The summed E-state index contributed by atoms with van der Waals surface area (Å²) >= 11 is 0. The molecule has 9 heteroatoms. The van der Waals surface area contributed by atoms with Gasteiger partial charge in [0.1, 0.15) is 5.75 Å². The van der Waals surface area contributed by atoms with Gasteiger partial charge in [-0.05, 0) is 42.2 Å². The van der Waals surface area contributed by atoms with Crippen LogP contribution in [0.3, 0.4) is 0 Å². The summed E-state index contributed by atoms with van der Waals surface area (Å²) in [7, 11) is -2.50. The molecule has 0 heterocycles. The summed E-state index contributed by atoms with van der Waals surface area (Å²) in [5.74, 6) is -0.156. The van der Waals surface area contributed by atoms with E-state index in [1.165, 1.54) is 37.5 Å². The van der Waals surface area contributed by atoms with E-state index in [4.69, 9.17) is 4.74 Å². The van der Waals surface area contributed by atoms with Crippen LogP contribution in [0.4, 0.5) is 5.69 Å². The van der Waals surface area contributed by atoms with Gasteiger partial charge in [0.2, 0.25) is 0 Å². The van der Waals surface area contributed by atoms with E-state index in [0.29, 0.717) is 24.3 Å². The van der Waals surface area contributed by atoms with Crippen LogP contribution in [0, 0.1) is 5.41 Å². The van der Waals surface area contributed by atoms with Crippen LogP contribution in [0.2, 0.25) is 0 Å². The maximum Gasteiger partial charge on any atom is 0.269 e. The Hall–Kier alpha value is -3.33. The van der Waals surface area contributed by atoms with Crippen LogP contribution < -0.4 is 20.3 Å². The summed E-state index contributed by atoms with van der Waals surface area (Å²) < 4.78 is 33.2. The van der Waals surface area contributed by atoms with Crippen LogP contribution in [0.1, 0.15) is 37.0 Å². The van der Waals surface area contributed by atoms with Crippen molar-refractivity contribution in [2.24, 2.45) is 5.41 Å². The van der Waals surface area contributed by atoms with Gasteiger partial charge in [-0.1, -0.05) is 32.0 Å². The minimum atomic E-state index is -3.95. The molecule has 3 N–H and O–H groups in total. The first-order valence-corrected chi connectivity index (χ1v) is 11.1. The van der Waals surface area contributed by atoms with Gasteiger partial charge in [-0.15, -0.1) is 0 Å². The number of ether oxygens (including phenoxy) is 1. The fraction of sp³-hybridized carbons (Fsp3) is 0.273. The van der Waals surface area contributed by atoms with Crippen LogP contribution in [0.15, 0.2) is 65.2 Å². The van der Waals surface area contributed by atoms with Crippen LogP contribution in [-0.2, 0) is 14.8 Å². The number of sulfonamides is 1. The average Bonchev–Trinajstić information content (AvgIpc) is 2.71. The van der Waals surface area contributed by atoms with E-state index in [9.17, 15) is 18.0 Å². The Labute approximate surface area is 181 Å². The molecule has 1 aliphatic rings. The molecule has 0 bridgehead atoms. The van der Waals surface area contributed by atoms with E-state index in [1.807, 2.05) is 13.8 Å². The van der Waals surface area contributed by atoms with Crippen molar-refractivity contribution in [2.45, 2.75) is 31.6 Å². The molecular weight excluding hydrogens is 418 g/mol. The van der Waals surface area contributed by atoms with Crippen molar-refractivity contribution in [1.82, 2.24) is 10.9 Å². The number of methoxy groups -OCH3 is 1. The zero-order valence-corrected chi connectivity index (χ0v) is 18.4. The molecule has 3 rings (SSSR count). The highest BCUT2D eigenvalue weighted by Crippen LogP contribution is 2.32. The number of hydrogen-bond acceptors (Lipinski definition) is 6. The standard InChI is InChI=1S/C22H25N3O5S/c1-22(2)13-16(12-17(26)14-22)23-24-21(27)15-7-6-8-18(11-15)31(28,29)25-19-9-4-5-10-20(19)30-3/h4-12,23,25H,13-14H2,1-3H3,(H,24,27). The Kier molecular flexibility index (Phi) is 6.35. The third-order valence-corrected chi connectivity index (χ3v) is 6.11. The second-order valence-corrected chi connectivity index (χ2v) is 9.75. The first-order chi connectivity index (χ1) is 14.6. The molecule has 0 aromatic heterocycles. The molecule has 0 atom stereocenters. The molecule has 0 radical (unpaired) electrons. The van der Waals surface area contributed by atoms with E-state index in [2.05, 4.69) is 15.6 Å². The minimum Gasteiger partial charge on any atom is -0.495 e. The molecule has 0 spiro atoms. The van der Waals surface area contributed by atoms with Crippen molar-refractivity contribution in [3.63, 3.8) is 0 Å². The predicted octanol–water partition coefficient (Wildman–Crippen LogP) is 3.00. The third kappa shape index (κ3) is 5.64. The SMILES string of the molecule is COc1ccccc1NS(=O)(=O)c1cccc(C(=O)NNC2=CC(=O)CC(C)(C)C2)c1. The van der Waals surface area contributed by atoms with Gasteiger partial charge in [0.15, 0.2) is 5.78 Å². The Morgan fingerprint density at radius 1 is 1.06 bits per heavy atom. The van der Waals surface area contributed by atoms with Crippen molar-refractivity contribution in [1.29, 1.82) is 0 Å². The van der Waals surface area contributed by atoms with Gasteiger partial charge < -0.3 is 10.2 Å².